The monoisotopic (exact) mass is 566 g/mol. The zero-order valence-electron chi connectivity index (χ0n) is 24.5. The van der Waals surface area contributed by atoms with Gasteiger partial charge in [-0.25, -0.2) is 14.5 Å². The van der Waals surface area contributed by atoms with Crippen molar-refractivity contribution in [3.05, 3.63) is 42.7 Å². The Kier molecular flexibility index (Phi) is 8.14. The van der Waals surface area contributed by atoms with Crippen molar-refractivity contribution < 1.29 is 28.6 Å². The van der Waals surface area contributed by atoms with Gasteiger partial charge in [0.05, 0.1) is 19.2 Å². The van der Waals surface area contributed by atoms with Crippen LogP contribution in [0.15, 0.2) is 42.7 Å². The average molecular weight is 567 g/mol. The smallest absolute Gasteiger partial charge is 0.408 e. The van der Waals surface area contributed by atoms with Gasteiger partial charge in [0.25, 0.3) is 0 Å². The predicted octanol–water partition coefficient (Wildman–Crippen LogP) is 3.20. The predicted molar refractivity (Wildman–Crippen MR) is 152 cm³/mol. The van der Waals surface area contributed by atoms with Gasteiger partial charge in [0.2, 0.25) is 11.8 Å². The molecule has 41 heavy (non-hydrogen) atoms. The first-order valence-corrected chi connectivity index (χ1v) is 13.4. The lowest BCUT2D eigenvalue weighted by atomic mass is 9.85. The first kappa shape index (κ1) is 29.6. The van der Waals surface area contributed by atoms with E-state index in [1.807, 2.05) is 26.8 Å². The summed E-state index contributed by atoms with van der Waals surface area (Å²) in [5.41, 5.74) is 4.94. The number of methoxy groups -OCH3 is 1. The van der Waals surface area contributed by atoms with Crippen LogP contribution in [0.1, 0.15) is 48.0 Å². The number of hydrogen-bond donors (Lipinski definition) is 2. The number of ether oxygens (including phenoxy) is 3. The second-order valence-electron chi connectivity index (χ2n) is 12.1. The second-order valence-corrected chi connectivity index (χ2v) is 12.1. The Morgan fingerprint density at radius 3 is 2.44 bits per heavy atom. The number of nitrogens with one attached hydrogen (secondary N) is 1. The molecule has 220 valence electrons. The SMILES string of the molecule is COc1ccc2c(O[C@@H]3C[C@@H](C(N)=O)N(C(=O)[C@@H](NC(=O)OC(C)(C)C)C(C)(C)C)C3)cc(-n3cccn3)nc2c1. The van der Waals surface area contributed by atoms with Gasteiger partial charge in [-0.2, -0.15) is 5.10 Å². The number of fused-ring (bicyclic) bond motifs is 1. The minimum atomic E-state index is -0.974. The Hall–Kier alpha value is -4.35. The Bertz CT molecular complexity index is 1430. The summed E-state index contributed by atoms with van der Waals surface area (Å²) >= 11 is 0. The van der Waals surface area contributed by atoms with Crippen molar-refractivity contribution in [3.63, 3.8) is 0 Å². The first-order chi connectivity index (χ1) is 19.2. The molecule has 1 fully saturated rings. The molecule has 12 nitrogen and oxygen atoms in total. The normalized spacial score (nSPS) is 18.2. The summed E-state index contributed by atoms with van der Waals surface area (Å²) in [6, 6.07) is 7.09. The molecule has 0 bridgehead atoms. The van der Waals surface area contributed by atoms with Crippen molar-refractivity contribution in [1.29, 1.82) is 0 Å². The number of nitrogens with zero attached hydrogens (tertiary/aromatic N) is 4. The maximum atomic E-state index is 13.9. The molecular formula is C29H38N6O6. The number of aromatic nitrogens is 3. The van der Waals surface area contributed by atoms with E-state index in [2.05, 4.69) is 10.4 Å². The van der Waals surface area contributed by atoms with Crippen molar-refractivity contribution in [2.24, 2.45) is 11.1 Å². The van der Waals surface area contributed by atoms with Gasteiger partial charge in [-0.3, -0.25) is 9.59 Å². The Morgan fingerprint density at radius 2 is 1.85 bits per heavy atom. The molecule has 4 rings (SSSR count). The fraction of sp³-hybridized carbons (Fsp3) is 0.483. The number of likely N-dealkylation sites (tertiary alicyclic amines) is 1. The molecule has 1 aromatic carbocycles. The van der Waals surface area contributed by atoms with Crippen molar-refractivity contribution >= 4 is 28.8 Å². The molecule has 0 spiro atoms. The van der Waals surface area contributed by atoms with E-state index in [4.69, 9.17) is 24.9 Å². The molecular weight excluding hydrogens is 528 g/mol. The lowest BCUT2D eigenvalue weighted by molar-refractivity contribution is -0.141. The molecule has 3 atom stereocenters. The number of benzene rings is 1. The molecule has 3 aromatic rings. The zero-order valence-corrected chi connectivity index (χ0v) is 24.5. The minimum Gasteiger partial charge on any atom is -0.497 e. The number of amides is 3. The summed E-state index contributed by atoms with van der Waals surface area (Å²) in [6.45, 7) is 10.8. The molecule has 1 aliphatic rings. The van der Waals surface area contributed by atoms with Crippen molar-refractivity contribution in [1.82, 2.24) is 25.0 Å². The molecule has 1 saturated heterocycles. The lowest BCUT2D eigenvalue weighted by Gasteiger charge is -2.35. The summed E-state index contributed by atoms with van der Waals surface area (Å²) in [7, 11) is 1.58. The van der Waals surface area contributed by atoms with Gasteiger partial charge in [-0.05, 0) is 44.4 Å². The molecule has 0 saturated carbocycles. The quantitative estimate of drug-likeness (QED) is 0.443. The second kappa shape index (κ2) is 11.3. The van der Waals surface area contributed by atoms with Crippen LogP contribution in [-0.2, 0) is 14.3 Å². The van der Waals surface area contributed by atoms with Gasteiger partial charge >= 0.3 is 6.09 Å². The largest absolute Gasteiger partial charge is 0.497 e. The third kappa shape index (κ3) is 6.87. The van der Waals surface area contributed by atoms with Gasteiger partial charge in [0.1, 0.15) is 35.3 Å². The van der Waals surface area contributed by atoms with Gasteiger partial charge in [0.15, 0.2) is 5.82 Å². The van der Waals surface area contributed by atoms with Crippen LogP contribution in [-0.4, -0.2) is 75.0 Å². The maximum absolute atomic E-state index is 13.9. The van der Waals surface area contributed by atoms with E-state index in [0.717, 1.165) is 5.39 Å². The molecule has 12 heteroatoms. The van der Waals surface area contributed by atoms with Crippen LogP contribution in [0.25, 0.3) is 16.7 Å². The molecule has 0 aliphatic carbocycles. The zero-order chi connectivity index (χ0) is 30.1. The number of pyridine rings is 1. The maximum Gasteiger partial charge on any atom is 0.408 e. The van der Waals surface area contributed by atoms with Gasteiger partial charge in [-0.15, -0.1) is 0 Å². The third-order valence-electron chi connectivity index (χ3n) is 6.65. The Morgan fingerprint density at radius 1 is 1.12 bits per heavy atom. The highest BCUT2D eigenvalue weighted by atomic mass is 16.6. The number of carbonyl (C=O) groups excluding carboxylic acids is 3. The van der Waals surface area contributed by atoms with Crippen LogP contribution >= 0.6 is 0 Å². The number of primary amides is 1. The molecule has 0 radical (unpaired) electrons. The Labute approximate surface area is 239 Å². The van der Waals surface area contributed by atoms with Crippen LogP contribution < -0.4 is 20.5 Å². The van der Waals surface area contributed by atoms with E-state index in [1.165, 1.54) is 4.90 Å². The number of carbonyl (C=O) groups is 3. The van der Waals surface area contributed by atoms with Crippen LogP contribution in [0.2, 0.25) is 0 Å². The van der Waals surface area contributed by atoms with E-state index in [9.17, 15) is 14.4 Å². The number of rotatable bonds is 7. The van der Waals surface area contributed by atoms with Crippen LogP contribution in [0.5, 0.6) is 11.5 Å². The average Bonchev–Trinajstić information content (AvgIpc) is 3.55. The van der Waals surface area contributed by atoms with Crippen LogP contribution in [0, 0.1) is 5.41 Å². The highest BCUT2D eigenvalue weighted by Gasteiger charge is 2.45. The van der Waals surface area contributed by atoms with E-state index in [-0.39, 0.29) is 13.0 Å². The number of alkyl carbamates (subject to hydrolysis) is 1. The first-order valence-electron chi connectivity index (χ1n) is 13.4. The van der Waals surface area contributed by atoms with E-state index in [0.29, 0.717) is 22.8 Å². The molecule has 3 amide bonds. The number of nitrogens with two attached hydrogens (primary N) is 1. The van der Waals surface area contributed by atoms with Crippen molar-refractivity contribution in [3.8, 4) is 17.3 Å². The van der Waals surface area contributed by atoms with Gasteiger partial charge < -0.3 is 30.2 Å². The summed E-state index contributed by atoms with van der Waals surface area (Å²) in [6.07, 6.45) is 2.31. The highest BCUT2D eigenvalue weighted by molar-refractivity contribution is 5.92. The molecule has 3 N–H and O–H groups in total. The van der Waals surface area contributed by atoms with Crippen molar-refractivity contribution in [2.75, 3.05) is 13.7 Å². The topological polar surface area (TPSA) is 151 Å². The summed E-state index contributed by atoms with van der Waals surface area (Å²) in [4.78, 5) is 45.1. The van der Waals surface area contributed by atoms with Gasteiger partial charge in [0, 0.05) is 36.3 Å². The van der Waals surface area contributed by atoms with Crippen LogP contribution in [0.4, 0.5) is 4.79 Å². The lowest BCUT2D eigenvalue weighted by Crippen LogP contribution is -2.58. The van der Waals surface area contributed by atoms with E-state index >= 15 is 0 Å². The van der Waals surface area contributed by atoms with E-state index in [1.54, 1.807) is 69.2 Å². The fourth-order valence-corrected chi connectivity index (χ4v) is 4.72. The number of hydrogen-bond acceptors (Lipinski definition) is 8. The summed E-state index contributed by atoms with van der Waals surface area (Å²) < 4.78 is 18.8. The minimum absolute atomic E-state index is 0.0894. The fourth-order valence-electron chi connectivity index (χ4n) is 4.72. The molecule has 1 aliphatic heterocycles. The van der Waals surface area contributed by atoms with E-state index < -0.39 is 47.1 Å². The van der Waals surface area contributed by atoms with Crippen molar-refractivity contribution in [2.45, 2.75) is 71.8 Å². The van der Waals surface area contributed by atoms with Gasteiger partial charge in [-0.1, -0.05) is 20.8 Å². The standard InChI is InChI=1S/C29H38N6O6/c1-28(2,3)24(33-27(38)41-29(4,5)6)26(37)34-16-18(14-21(34)25(30)36)40-22-15-23(35-12-8-11-31-35)32-20-13-17(39-7)9-10-19(20)22/h8-13,15,18,21,24H,14,16H2,1-7H3,(H2,30,36)(H,33,38)/t18-,21+,24-/m1/s1. The third-order valence-corrected chi connectivity index (χ3v) is 6.65. The summed E-state index contributed by atoms with van der Waals surface area (Å²) in [5, 5.41) is 7.70. The molecule has 2 aromatic heterocycles. The highest BCUT2D eigenvalue weighted by Crippen LogP contribution is 2.33. The molecule has 3 heterocycles. The summed E-state index contributed by atoms with van der Waals surface area (Å²) in [5.74, 6) is 0.559. The Balaban J connectivity index is 1.63. The molecule has 0 unspecified atom stereocenters. The van der Waals surface area contributed by atoms with Crippen LogP contribution in [0.3, 0.4) is 0 Å².